The first-order valence-corrected chi connectivity index (χ1v) is 7.80. The van der Waals surface area contributed by atoms with Crippen LogP contribution in [0.4, 0.5) is 0 Å². The molecule has 2 heterocycles. The Balaban J connectivity index is 1.84. The predicted molar refractivity (Wildman–Crippen MR) is 80.6 cm³/mol. The molecule has 4 atom stereocenters. The van der Waals surface area contributed by atoms with Gasteiger partial charge in [0.05, 0.1) is 11.8 Å². The molecule has 126 valence electrons. The van der Waals surface area contributed by atoms with Crippen LogP contribution in [0.15, 0.2) is 18.3 Å². The maximum Gasteiger partial charge on any atom is 0.321 e. The summed E-state index contributed by atoms with van der Waals surface area (Å²) in [5, 5.41) is 38.0. The van der Waals surface area contributed by atoms with Crippen LogP contribution >= 0.6 is 0 Å². The van der Waals surface area contributed by atoms with E-state index in [1.165, 1.54) is 4.90 Å². The number of carboxylic acids is 1. The Labute approximate surface area is 134 Å². The smallest absolute Gasteiger partial charge is 0.321 e. The topological polar surface area (TPSA) is 112 Å². The average Bonchev–Trinajstić information content (AvgIpc) is 3.08. The first kappa shape index (κ1) is 16.1. The fourth-order valence-corrected chi connectivity index (χ4v) is 3.16. The lowest BCUT2D eigenvalue weighted by Gasteiger charge is -2.33. The zero-order chi connectivity index (χ0) is 16.7. The van der Waals surface area contributed by atoms with Gasteiger partial charge in [0.25, 0.3) is 0 Å². The van der Waals surface area contributed by atoms with Gasteiger partial charge >= 0.3 is 5.97 Å². The molecular weight excluding hydrogens is 300 g/mol. The maximum absolute atomic E-state index is 11.4. The SMILES string of the molecule is C=C(C)[C@@H](C(O)N1C[C@H](O)C[C@H]1C(=O)O)n1cc(C2CC2)nn1. The molecule has 0 radical (unpaired) electrons. The molecule has 3 N–H and O–H groups in total. The van der Waals surface area contributed by atoms with Gasteiger partial charge in [-0.05, 0) is 19.8 Å². The molecule has 1 unspecified atom stereocenters. The van der Waals surface area contributed by atoms with Crippen molar-refractivity contribution < 1.29 is 20.1 Å². The van der Waals surface area contributed by atoms with E-state index in [9.17, 15) is 20.1 Å². The van der Waals surface area contributed by atoms with E-state index in [4.69, 9.17) is 0 Å². The summed E-state index contributed by atoms with van der Waals surface area (Å²) in [5.74, 6) is -0.620. The van der Waals surface area contributed by atoms with Crippen molar-refractivity contribution in [3.63, 3.8) is 0 Å². The summed E-state index contributed by atoms with van der Waals surface area (Å²) in [4.78, 5) is 12.8. The van der Waals surface area contributed by atoms with E-state index in [1.54, 1.807) is 17.8 Å². The molecule has 1 saturated carbocycles. The number of hydrogen-bond donors (Lipinski definition) is 3. The van der Waals surface area contributed by atoms with Gasteiger partial charge in [-0.15, -0.1) is 5.10 Å². The van der Waals surface area contributed by atoms with Crippen molar-refractivity contribution in [1.82, 2.24) is 19.9 Å². The number of rotatable bonds is 6. The second-order valence-electron chi connectivity index (χ2n) is 6.54. The summed E-state index contributed by atoms with van der Waals surface area (Å²) in [6.45, 7) is 5.76. The third-order valence-corrected chi connectivity index (χ3v) is 4.54. The summed E-state index contributed by atoms with van der Waals surface area (Å²) >= 11 is 0. The lowest BCUT2D eigenvalue weighted by atomic mass is 10.1. The Bertz CT molecular complexity index is 612. The van der Waals surface area contributed by atoms with Gasteiger partial charge in [-0.2, -0.15) is 0 Å². The molecule has 0 bridgehead atoms. The van der Waals surface area contributed by atoms with Crippen molar-refractivity contribution >= 4 is 5.97 Å². The summed E-state index contributed by atoms with van der Waals surface area (Å²) in [6.07, 6.45) is 2.17. The van der Waals surface area contributed by atoms with E-state index in [-0.39, 0.29) is 13.0 Å². The fraction of sp³-hybridized carbons (Fsp3) is 0.667. The second-order valence-corrected chi connectivity index (χ2v) is 6.54. The minimum absolute atomic E-state index is 0.0972. The Morgan fingerprint density at radius 2 is 2.17 bits per heavy atom. The molecule has 1 saturated heterocycles. The molecule has 0 amide bonds. The number of aliphatic carboxylic acids is 1. The first-order valence-electron chi connectivity index (χ1n) is 7.80. The molecule has 23 heavy (non-hydrogen) atoms. The lowest BCUT2D eigenvalue weighted by molar-refractivity contribution is -0.147. The highest BCUT2D eigenvalue weighted by Gasteiger charge is 2.43. The molecule has 3 rings (SSSR count). The van der Waals surface area contributed by atoms with E-state index in [0.717, 1.165) is 18.5 Å². The van der Waals surface area contributed by atoms with Gasteiger partial charge in [0.2, 0.25) is 0 Å². The van der Waals surface area contributed by atoms with Crippen molar-refractivity contribution in [2.24, 2.45) is 0 Å². The number of likely N-dealkylation sites (tertiary alicyclic amines) is 1. The highest BCUT2D eigenvalue weighted by molar-refractivity contribution is 5.74. The minimum Gasteiger partial charge on any atom is -0.480 e. The molecule has 1 aliphatic carbocycles. The zero-order valence-corrected chi connectivity index (χ0v) is 13.0. The predicted octanol–water partition coefficient (Wildman–Crippen LogP) is 0.111. The van der Waals surface area contributed by atoms with Gasteiger partial charge in [-0.1, -0.05) is 17.4 Å². The van der Waals surface area contributed by atoms with E-state index < -0.39 is 30.4 Å². The number of hydrogen-bond acceptors (Lipinski definition) is 6. The fourth-order valence-electron chi connectivity index (χ4n) is 3.16. The molecule has 8 heteroatoms. The van der Waals surface area contributed by atoms with Gasteiger partial charge in [-0.25, -0.2) is 4.68 Å². The largest absolute Gasteiger partial charge is 0.480 e. The standard InChI is InChI=1S/C15H22N4O4/c1-8(2)13(19-7-11(16-17-19)9-3-4-9)14(21)18-6-10(20)5-12(18)15(22)23/h7,9-10,12-14,20-21H,1,3-6H2,2H3,(H,22,23)/t10-,12+,13+,14?/m1/s1. The van der Waals surface area contributed by atoms with E-state index in [2.05, 4.69) is 16.9 Å². The van der Waals surface area contributed by atoms with Crippen molar-refractivity contribution in [3.05, 3.63) is 24.0 Å². The maximum atomic E-state index is 11.4. The molecule has 1 aliphatic heterocycles. The summed E-state index contributed by atoms with van der Waals surface area (Å²) < 4.78 is 1.55. The molecule has 0 spiro atoms. The normalized spacial score (nSPS) is 27.8. The number of aliphatic hydroxyl groups is 2. The molecule has 1 aromatic rings. The van der Waals surface area contributed by atoms with Crippen LogP contribution < -0.4 is 0 Å². The van der Waals surface area contributed by atoms with E-state index >= 15 is 0 Å². The summed E-state index contributed by atoms with van der Waals surface area (Å²) in [5.41, 5.74) is 1.54. The van der Waals surface area contributed by atoms with Gasteiger partial charge in [0.1, 0.15) is 18.3 Å². The van der Waals surface area contributed by atoms with E-state index in [1.807, 2.05) is 0 Å². The Morgan fingerprint density at radius 3 is 2.74 bits per heavy atom. The first-order chi connectivity index (χ1) is 10.9. The molecule has 1 aromatic heterocycles. The van der Waals surface area contributed by atoms with Crippen LogP contribution in [-0.4, -0.2) is 66.1 Å². The zero-order valence-electron chi connectivity index (χ0n) is 13.0. The second kappa shape index (κ2) is 6.03. The Hall–Kier alpha value is -1.77. The third-order valence-electron chi connectivity index (χ3n) is 4.54. The van der Waals surface area contributed by atoms with Crippen LogP contribution in [0, 0.1) is 0 Å². The third kappa shape index (κ3) is 3.15. The molecule has 2 aliphatic rings. The average molecular weight is 322 g/mol. The van der Waals surface area contributed by atoms with Gasteiger partial charge < -0.3 is 15.3 Å². The number of aliphatic hydroxyl groups excluding tert-OH is 2. The highest BCUT2D eigenvalue weighted by Crippen LogP contribution is 2.39. The van der Waals surface area contributed by atoms with Crippen molar-refractivity contribution in [3.8, 4) is 0 Å². The highest BCUT2D eigenvalue weighted by atomic mass is 16.4. The minimum atomic E-state index is -1.14. The van der Waals surface area contributed by atoms with E-state index in [0.29, 0.717) is 11.5 Å². The van der Waals surface area contributed by atoms with Crippen LogP contribution in [0.2, 0.25) is 0 Å². The molecule has 2 fully saturated rings. The Morgan fingerprint density at radius 1 is 1.48 bits per heavy atom. The van der Waals surface area contributed by atoms with Gasteiger partial charge in [0.15, 0.2) is 0 Å². The quantitative estimate of drug-likeness (QED) is 0.637. The van der Waals surface area contributed by atoms with Crippen LogP contribution in [0.3, 0.4) is 0 Å². The number of nitrogens with zero attached hydrogens (tertiary/aromatic N) is 4. The molecule has 0 aromatic carbocycles. The van der Waals surface area contributed by atoms with Crippen molar-refractivity contribution in [2.45, 2.75) is 56.5 Å². The number of carboxylic acid groups (broad SMARTS) is 1. The molecular formula is C15H22N4O4. The number of aromatic nitrogens is 3. The van der Waals surface area contributed by atoms with Crippen LogP contribution in [-0.2, 0) is 4.79 Å². The van der Waals surface area contributed by atoms with Crippen LogP contribution in [0.1, 0.15) is 43.8 Å². The van der Waals surface area contributed by atoms with Gasteiger partial charge in [-0.3, -0.25) is 9.69 Å². The lowest BCUT2D eigenvalue weighted by Crippen LogP contribution is -2.47. The van der Waals surface area contributed by atoms with Crippen LogP contribution in [0.25, 0.3) is 0 Å². The van der Waals surface area contributed by atoms with Gasteiger partial charge in [0, 0.05) is 25.1 Å². The van der Waals surface area contributed by atoms with Crippen molar-refractivity contribution in [2.75, 3.05) is 6.54 Å². The monoisotopic (exact) mass is 322 g/mol. The summed E-state index contributed by atoms with van der Waals surface area (Å²) in [6, 6.07) is -1.53. The molecule has 8 nitrogen and oxygen atoms in total. The Kier molecular flexibility index (Phi) is 4.22. The van der Waals surface area contributed by atoms with Crippen LogP contribution in [0.5, 0.6) is 0 Å². The van der Waals surface area contributed by atoms with Crippen molar-refractivity contribution in [1.29, 1.82) is 0 Å². The number of carbonyl (C=O) groups is 1. The summed E-state index contributed by atoms with van der Waals surface area (Å²) in [7, 11) is 0. The number of β-amino-alcohol motifs (C(OH)–C–C–N with tert-alkyl or cyclic N) is 1.